The number of methoxy groups -OCH3 is 4. The van der Waals surface area contributed by atoms with Crippen molar-refractivity contribution in [3.8, 4) is 28.7 Å². The number of ether oxygens (including phenoxy) is 6. The Bertz CT molecular complexity index is 1060. The first-order valence-electron chi connectivity index (χ1n) is 11.8. The third-order valence-corrected chi connectivity index (χ3v) is 5.86. The third kappa shape index (κ3) is 6.95. The van der Waals surface area contributed by atoms with Crippen molar-refractivity contribution in [1.29, 1.82) is 0 Å². The van der Waals surface area contributed by atoms with Gasteiger partial charge in [-0.25, -0.2) is 0 Å². The molecule has 0 radical (unpaired) electrons. The molecule has 2 aromatic rings. The molecular weight excluding hydrogens is 462 g/mol. The summed E-state index contributed by atoms with van der Waals surface area (Å²) in [5.41, 5.74) is 1.62. The van der Waals surface area contributed by atoms with Gasteiger partial charge in [-0.2, -0.15) is 0 Å². The van der Waals surface area contributed by atoms with E-state index >= 15 is 0 Å². The molecule has 36 heavy (non-hydrogen) atoms. The Balaban J connectivity index is 1.84. The average Bonchev–Trinajstić information content (AvgIpc) is 3.43. The monoisotopic (exact) mass is 497 g/mol. The second kappa shape index (κ2) is 13.4. The fraction of sp³-hybridized carbons (Fsp3) is 0.393. The molecule has 1 saturated heterocycles. The van der Waals surface area contributed by atoms with Gasteiger partial charge >= 0.3 is 0 Å². The van der Waals surface area contributed by atoms with Gasteiger partial charge in [0.1, 0.15) is 12.4 Å². The Morgan fingerprint density at radius 3 is 2.33 bits per heavy atom. The Morgan fingerprint density at radius 1 is 1.00 bits per heavy atom. The number of nitrogens with zero attached hydrogens (tertiary/aromatic N) is 1. The Kier molecular flexibility index (Phi) is 10.1. The van der Waals surface area contributed by atoms with Crippen LogP contribution >= 0.6 is 0 Å². The average molecular weight is 498 g/mol. The van der Waals surface area contributed by atoms with Crippen molar-refractivity contribution in [1.82, 2.24) is 4.90 Å². The van der Waals surface area contributed by atoms with Crippen LogP contribution in [0.4, 0.5) is 0 Å². The van der Waals surface area contributed by atoms with E-state index in [9.17, 15) is 4.79 Å². The summed E-state index contributed by atoms with van der Waals surface area (Å²) in [5.74, 6) is 2.75. The molecule has 0 saturated carbocycles. The van der Waals surface area contributed by atoms with Gasteiger partial charge in [-0.15, -0.1) is 0 Å². The summed E-state index contributed by atoms with van der Waals surface area (Å²) in [6, 6.07) is 9.16. The fourth-order valence-corrected chi connectivity index (χ4v) is 4.01. The summed E-state index contributed by atoms with van der Waals surface area (Å²) >= 11 is 0. The zero-order chi connectivity index (χ0) is 25.9. The second-order valence-corrected chi connectivity index (χ2v) is 8.22. The highest BCUT2D eigenvalue weighted by Gasteiger charge is 2.22. The molecular formula is C28H35NO7. The summed E-state index contributed by atoms with van der Waals surface area (Å²) in [5, 5.41) is 0. The lowest BCUT2D eigenvalue weighted by Crippen LogP contribution is -2.35. The highest BCUT2D eigenvalue weighted by Crippen LogP contribution is 2.35. The summed E-state index contributed by atoms with van der Waals surface area (Å²) in [7, 11) is 6.29. The number of hydrogen-bond acceptors (Lipinski definition) is 7. The molecule has 1 fully saturated rings. The minimum absolute atomic E-state index is 0.00931. The smallest absolute Gasteiger partial charge is 0.246 e. The van der Waals surface area contributed by atoms with Gasteiger partial charge in [0.15, 0.2) is 23.0 Å². The predicted octanol–water partition coefficient (Wildman–Crippen LogP) is 4.51. The van der Waals surface area contributed by atoms with E-state index in [2.05, 4.69) is 6.58 Å². The van der Waals surface area contributed by atoms with Crippen molar-refractivity contribution in [2.45, 2.75) is 25.5 Å². The molecule has 8 nitrogen and oxygen atoms in total. The van der Waals surface area contributed by atoms with E-state index in [0.717, 1.165) is 18.4 Å². The highest BCUT2D eigenvalue weighted by atomic mass is 16.5. The van der Waals surface area contributed by atoms with Gasteiger partial charge in [-0.1, -0.05) is 18.7 Å². The van der Waals surface area contributed by atoms with Crippen LogP contribution in [0, 0.1) is 0 Å². The van der Waals surface area contributed by atoms with Crippen LogP contribution in [0.2, 0.25) is 0 Å². The number of benzene rings is 2. The normalized spacial score (nSPS) is 14.9. The van der Waals surface area contributed by atoms with Gasteiger partial charge < -0.3 is 33.3 Å². The maximum Gasteiger partial charge on any atom is 0.246 e. The van der Waals surface area contributed by atoms with E-state index in [1.54, 1.807) is 57.6 Å². The molecule has 2 aromatic carbocycles. The molecule has 1 aliphatic heterocycles. The van der Waals surface area contributed by atoms with Crippen LogP contribution in [0.25, 0.3) is 6.08 Å². The van der Waals surface area contributed by atoms with E-state index in [0.29, 0.717) is 60.6 Å². The van der Waals surface area contributed by atoms with Crippen LogP contribution in [0.5, 0.6) is 28.7 Å². The van der Waals surface area contributed by atoms with Crippen LogP contribution in [0.15, 0.2) is 49.1 Å². The quantitative estimate of drug-likeness (QED) is 0.298. The lowest BCUT2D eigenvalue weighted by Gasteiger charge is -2.25. The van der Waals surface area contributed by atoms with Gasteiger partial charge in [0.25, 0.3) is 0 Å². The molecule has 0 aromatic heterocycles. The molecule has 194 valence electrons. The van der Waals surface area contributed by atoms with Crippen molar-refractivity contribution >= 4 is 12.0 Å². The van der Waals surface area contributed by atoms with Crippen molar-refractivity contribution in [3.63, 3.8) is 0 Å². The molecule has 1 atom stereocenters. The molecule has 8 heteroatoms. The molecule has 0 N–H and O–H groups in total. The summed E-state index contributed by atoms with van der Waals surface area (Å²) in [6.07, 6.45) is 6.86. The van der Waals surface area contributed by atoms with Gasteiger partial charge in [0.05, 0.1) is 34.5 Å². The fourth-order valence-electron chi connectivity index (χ4n) is 4.01. The van der Waals surface area contributed by atoms with E-state index < -0.39 is 0 Å². The van der Waals surface area contributed by atoms with Crippen LogP contribution in [-0.2, 0) is 16.1 Å². The minimum Gasteiger partial charge on any atom is -0.496 e. The molecule has 1 heterocycles. The Morgan fingerprint density at radius 2 is 1.69 bits per heavy atom. The van der Waals surface area contributed by atoms with Crippen molar-refractivity contribution in [2.24, 2.45) is 0 Å². The number of hydrogen-bond donors (Lipinski definition) is 0. The van der Waals surface area contributed by atoms with E-state index in [1.165, 1.54) is 6.08 Å². The molecule has 0 bridgehead atoms. The SMILES string of the molecule is C=CCOc1ccc(CN(CC2CCCO2)C(=O)/C=C/c2cc(OC)c(OC)cc2OC)cc1OC. The van der Waals surface area contributed by atoms with Crippen LogP contribution < -0.4 is 23.7 Å². The van der Waals surface area contributed by atoms with Crippen LogP contribution in [0.1, 0.15) is 24.0 Å². The zero-order valence-corrected chi connectivity index (χ0v) is 21.5. The number of carbonyl (C=O) groups is 1. The lowest BCUT2D eigenvalue weighted by molar-refractivity contribution is -0.128. The molecule has 1 unspecified atom stereocenters. The topological polar surface area (TPSA) is 75.7 Å². The number of carbonyl (C=O) groups excluding carboxylic acids is 1. The van der Waals surface area contributed by atoms with Crippen LogP contribution in [-0.4, -0.2) is 65.1 Å². The first-order chi connectivity index (χ1) is 17.5. The highest BCUT2D eigenvalue weighted by molar-refractivity contribution is 5.92. The number of rotatable bonds is 13. The molecule has 3 rings (SSSR count). The summed E-state index contributed by atoms with van der Waals surface area (Å²) < 4.78 is 33.2. The maximum absolute atomic E-state index is 13.4. The minimum atomic E-state index is -0.145. The first kappa shape index (κ1) is 26.9. The number of amides is 1. The molecule has 0 spiro atoms. The van der Waals surface area contributed by atoms with Gasteiger partial charge in [0.2, 0.25) is 5.91 Å². The zero-order valence-electron chi connectivity index (χ0n) is 21.5. The first-order valence-corrected chi connectivity index (χ1v) is 11.8. The Labute approximate surface area is 213 Å². The molecule has 0 aliphatic carbocycles. The van der Waals surface area contributed by atoms with Gasteiger partial charge in [-0.05, 0) is 42.7 Å². The summed E-state index contributed by atoms with van der Waals surface area (Å²) in [4.78, 5) is 15.1. The largest absolute Gasteiger partial charge is 0.496 e. The summed E-state index contributed by atoms with van der Waals surface area (Å²) in [6.45, 7) is 5.65. The van der Waals surface area contributed by atoms with Gasteiger partial charge in [0, 0.05) is 37.4 Å². The van der Waals surface area contributed by atoms with Crippen molar-refractivity contribution < 1.29 is 33.2 Å². The van der Waals surface area contributed by atoms with Crippen molar-refractivity contribution in [3.05, 3.63) is 60.2 Å². The van der Waals surface area contributed by atoms with Gasteiger partial charge in [-0.3, -0.25) is 4.79 Å². The maximum atomic E-state index is 13.4. The Hall–Kier alpha value is -3.65. The molecule has 1 aliphatic rings. The predicted molar refractivity (Wildman–Crippen MR) is 138 cm³/mol. The second-order valence-electron chi connectivity index (χ2n) is 8.22. The van der Waals surface area contributed by atoms with E-state index in [1.807, 2.05) is 18.2 Å². The lowest BCUT2D eigenvalue weighted by atomic mass is 10.1. The van der Waals surface area contributed by atoms with Crippen molar-refractivity contribution in [2.75, 3.05) is 48.2 Å². The van der Waals surface area contributed by atoms with E-state index in [4.69, 9.17) is 28.4 Å². The van der Waals surface area contributed by atoms with E-state index in [-0.39, 0.29) is 12.0 Å². The van der Waals surface area contributed by atoms with Crippen LogP contribution in [0.3, 0.4) is 0 Å². The standard InChI is InChI=1S/C28H35NO7/c1-6-13-36-23-11-9-20(15-25(23)32-3)18-29(19-22-8-7-14-35-22)28(30)12-10-21-16-26(33-4)27(34-5)17-24(21)31-2/h6,9-12,15-17,22H,1,7-8,13-14,18-19H2,2-5H3/b12-10+. The molecule has 1 amide bonds. The third-order valence-electron chi connectivity index (χ3n) is 5.86.